The first-order valence-corrected chi connectivity index (χ1v) is 6.79. The van der Waals surface area contributed by atoms with Crippen molar-refractivity contribution in [1.82, 2.24) is 5.32 Å². The molecule has 1 aromatic carbocycles. The van der Waals surface area contributed by atoms with Gasteiger partial charge < -0.3 is 5.73 Å². The van der Waals surface area contributed by atoms with Gasteiger partial charge in [0.25, 0.3) is 0 Å². The zero-order valence-corrected chi connectivity index (χ0v) is 11.2. The fourth-order valence-corrected chi connectivity index (χ4v) is 2.69. The Kier molecular flexibility index (Phi) is 3.88. The Morgan fingerprint density at radius 1 is 1.26 bits per heavy atom. The van der Waals surface area contributed by atoms with Crippen LogP contribution in [-0.4, -0.2) is 11.8 Å². The number of unbranched alkanes of at least 4 members (excludes halogenated alkanes) is 1. The van der Waals surface area contributed by atoms with E-state index in [2.05, 4.69) is 12.2 Å². The molecule has 0 bridgehead atoms. The number of benzene rings is 1. The summed E-state index contributed by atoms with van der Waals surface area (Å²) in [5.74, 6) is -0.338. The molecule has 1 fully saturated rings. The zero-order chi connectivity index (χ0) is 13.9. The number of hydrogen-bond acceptors (Lipinski definition) is 3. The third-order valence-electron chi connectivity index (χ3n) is 3.89. The van der Waals surface area contributed by atoms with E-state index in [1.54, 1.807) is 0 Å². The molecule has 1 heterocycles. The first kappa shape index (κ1) is 13.6. The van der Waals surface area contributed by atoms with Crippen molar-refractivity contribution in [3.8, 4) is 0 Å². The molecule has 0 aliphatic carbocycles. The molecule has 0 saturated carbocycles. The lowest BCUT2D eigenvalue weighted by Crippen LogP contribution is -2.51. The fourth-order valence-electron chi connectivity index (χ4n) is 2.69. The van der Waals surface area contributed by atoms with Crippen LogP contribution >= 0.6 is 0 Å². The number of nitrogens with one attached hydrogen (secondary N) is 1. The minimum Gasteiger partial charge on any atom is -0.399 e. The van der Waals surface area contributed by atoms with E-state index in [0.717, 1.165) is 24.8 Å². The Balaban J connectivity index is 2.36. The van der Waals surface area contributed by atoms with Crippen LogP contribution in [0, 0.1) is 0 Å². The summed E-state index contributed by atoms with van der Waals surface area (Å²) in [6.45, 7) is 2.10. The highest BCUT2D eigenvalue weighted by molar-refractivity contribution is 6.03. The van der Waals surface area contributed by atoms with Gasteiger partial charge in [-0.25, -0.2) is 0 Å². The van der Waals surface area contributed by atoms with Crippen LogP contribution in [0.15, 0.2) is 24.3 Å². The van der Waals surface area contributed by atoms with Crippen LogP contribution in [-0.2, 0) is 15.0 Å². The van der Waals surface area contributed by atoms with Crippen molar-refractivity contribution in [2.75, 3.05) is 5.73 Å². The van der Waals surface area contributed by atoms with Crippen LogP contribution in [0.5, 0.6) is 0 Å². The molecule has 102 valence electrons. The van der Waals surface area contributed by atoms with Crippen LogP contribution in [0.2, 0.25) is 0 Å². The number of carbonyl (C=O) groups excluding carboxylic acids is 2. The number of rotatable bonds is 4. The molecular formula is C15H20N2O2. The van der Waals surface area contributed by atoms with E-state index in [4.69, 9.17) is 5.73 Å². The van der Waals surface area contributed by atoms with Gasteiger partial charge in [0.05, 0.1) is 5.41 Å². The van der Waals surface area contributed by atoms with Gasteiger partial charge >= 0.3 is 0 Å². The largest absolute Gasteiger partial charge is 0.399 e. The van der Waals surface area contributed by atoms with E-state index in [1.165, 1.54) is 0 Å². The lowest BCUT2D eigenvalue weighted by atomic mass is 9.70. The summed E-state index contributed by atoms with van der Waals surface area (Å²) in [5, 5.41) is 2.48. The Bertz CT molecular complexity index is 481. The highest BCUT2D eigenvalue weighted by Crippen LogP contribution is 2.37. The minimum absolute atomic E-state index is 0.165. The molecule has 0 aromatic heterocycles. The van der Waals surface area contributed by atoms with Gasteiger partial charge in [0.15, 0.2) is 0 Å². The first-order chi connectivity index (χ1) is 9.08. The molecule has 1 unspecified atom stereocenters. The minimum atomic E-state index is -0.572. The Labute approximate surface area is 113 Å². The summed E-state index contributed by atoms with van der Waals surface area (Å²) in [6.07, 6.45) is 3.75. The molecular weight excluding hydrogens is 240 g/mol. The van der Waals surface area contributed by atoms with Crippen molar-refractivity contribution in [3.05, 3.63) is 29.8 Å². The van der Waals surface area contributed by atoms with E-state index in [-0.39, 0.29) is 11.8 Å². The number of nitrogens with two attached hydrogens (primary N) is 1. The predicted molar refractivity (Wildman–Crippen MR) is 74.4 cm³/mol. The van der Waals surface area contributed by atoms with Crippen LogP contribution in [0.3, 0.4) is 0 Å². The summed E-state index contributed by atoms with van der Waals surface area (Å²) in [7, 11) is 0. The molecule has 1 aliphatic heterocycles. The van der Waals surface area contributed by atoms with Crippen molar-refractivity contribution in [1.29, 1.82) is 0 Å². The van der Waals surface area contributed by atoms with Crippen molar-refractivity contribution in [2.24, 2.45) is 0 Å². The van der Waals surface area contributed by atoms with Crippen LogP contribution in [0.1, 0.15) is 44.6 Å². The van der Waals surface area contributed by atoms with Crippen LogP contribution in [0.25, 0.3) is 0 Å². The van der Waals surface area contributed by atoms with Crippen molar-refractivity contribution in [2.45, 2.75) is 44.4 Å². The molecule has 0 spiro atoms. The number of nitrogen functional groups attached to an aromatic ring is 1. The van der Waals surface area contributed by atoms with E-state index in [9.17, 15) is 9.59 Å². The van der Waals surface area contributed by atoms with Gasteiger partial charge in [-0.15, -0.1) is 0 Å². The zero-order valence-electron chi connectivity index (χ0n) is 11.2. The van der Waals surface area contributed by atoms with E-state index >= 15 is 0 Å². The number of hydrogen-bond donors (Lipinski definition) is 2. The molecule has 19 heavy (non-hydrogen) atoms. The number of anilines is 1. The summed E-state index contributed by atoms with van der Waals surface area (Å²) in [4.78, 5) is 23.7. The summed E-state index contributed by atoms with van der Waals surface area (Å²) < 4.78 is 0. The predicted octanol–water partition coefficient (Wildman–Crippen LogP) is 2.13. The monoisotopic (exact) mass is 260 g/mol. The maximum Gasteiger partial charge on any atom is 0.237 e. The van der Waals surface area contributed by atoms with E-state index in [1.807, 2.05) is 24.3 Å². The lowest BCUT2D eigenvalue weighted by molar-refractivity contribution is -0.138. The maximum absolute atomic E-state index is 12.4. The van der Waals surface area contributed by atoms with Gasteiger partial charge in [-0.1, -0.05) is 31.9 Å². The molecule has 1 aromatic rings. The van der Waals surface area contributed by atoms with Crippen molar-refractivity contribution < 1.29 is 9.59 Å². The average Bonchev–Trinajstić information content (AvgIpc) is 2.40. The summed E-state index contributed by atoms with van der Waals surface area (Å²) in [5.41, 5.74) is 6.77. The maximum atomic E-state index is 12.4. The van der Waals surface area contributed by atoms with Crippen molar-refractivity contribution >= 4 is 17.5 Å². The third kappa shape index (κ3) is 2.62. The molecule has 1 aliphatic rings. The topological polar surface area (TPSA) is 72.2 Å². The second-order valence-corrected chi connectivity index (χ2v) is 5.18. The standard InChI is InChI=1S/C15H20N2O2/c1-2-3-9-15(10-8-13(18)17-14(15)19)11-4-6-12(16)7-5-11/h4-7H,2-3,8-10,16H2,1H3,(H,17,18,19). The average molecular weight is 260 g/mol. The molecule has 2 amide bonds. The summed E-state index contributed by atoms with van der Waals surface area (Å²) in [6, 6.07) is 7.43. The first-order valence-electron chi connectivity index (χ1n) is 6.79. The Morgan fingerprint density at radius 3 is 2.53 bits per heavy atom. The quantitative estimate of drug-likeness (QED) is 0.643. The lowest BCUT2D eigenvalue weighted by Gasteiger charge is -2.36. The molecule has 0 radical (unpaired) electrons. The van der Waals surface area contributed by atoms with Gasteiger partial charge in [-0.2, -0.15) is 0 Å². The number of amides is 2. The summed E-state index contributed by atoms with van der Waals surface area (Å²) >= 11 is 0. The third-order valence-corrected chi connectivity index (χ3v) is 3.89. The number of imide groups is 1. The highest BCUT2D eigenvalue weighted by Gasteiger charge is 2.43. The van der Waals surface area contributed by atoms with E-state index in [0.29, 0.717) is 18.5 Å². The number of carbonyl (C=O) groups is 2. The second kappa shape index (κ2) is 5.43. The highest BCUT2D eigenvalue weighted by atomic mass is 16.2. The molecule has 1 atom stereocenters. The molecule has 4 nitrogen and oxygen atoms in total. The van der Waals surface area contributed by atoms with Gasteiger partial charge in [0.1, 0.15) is 0 Å². The fraction of sp³-hybridized carbons (Fsp3) is 0.467. The van der Waals surface area contributed by atoms with Gasteiger partial charge in [-0.3, -0.25) is 14.9 Å². The van der Waals surface area contributed by atoms with Gasteiger partial charge in [-0.05, 0) is 30.5 Å². The SMILES string of the molecule is CCCCC1(c2ccc(N)cc2)CCC(=O)NC1=O. The van der Waals surface area contributed by atoms with Crippen molar-refractivity contribution in [3.63, 3.8) is 0 Å². The van der Waals surface area contributed by atoms with Crippen LogP contribution < -0.4 is 11.1 Å². The number of piperidine rings is 1. The molecule has 3 N–H and O–H groups in total. The smallest absolute Gasteiger partial charge is 0.237 e. The normalized spacial score (nSPS) is 23.2. The second-order valence-electron chi connectivity index (χ2n) is 5.18. The van der Waals surface area contributed by atoms with Gasteiger partial charge in [0, 0.05) is 12.1 Å². The molecule has 4 heteroatoms. The Morgan fingerprint density at radius 2 is 1.95 bits per heavy atom. The Hall–Kier alpha value is -1.84. The van der Waals surface area contributed by atoms with E-state index < -0.39 is 5.41 Å². The van der Waals surface area contributed by atoms with Gasteiger partial charge in [0.2, 0.25) is 11.8 Å². The molecule has 2 rings (SSSR count). The van der Waals surface area contributed by atoms with Crippen LogP contribution in [0.4, 0.5) is 5.69 Å². The molecule has 1 saturated heterocycles.